The van der Waals surface area contributed by atoms with Gasteiger partial charge in [-0.05, 0) is 68.2 Å². The highest BCUT2D eigenvalue weighted by molar-refractivity contribution is 5.86. The second-order valence-corrected chi connectivity index (χ2v) is 6.46. The van der Waals surface area contributed by atoms with Crippen LogP contribution in [0.2, 0.25) is 0 Å². The van der Waals surface area contributed by atoms with Gasteiger partial charge in [0.15, 0.2) is 0 Å². The molecule has 24 heavy (non-hydrogen) atoms. The zero-order valence-corrected chi connectivity index (χ0v) is 14.0. The van der Waals surface area contributed by atoms with Gasteiger partial charge in [-0.3, -0.25) is 4.98 Å². The quantitative estimate of drug-likeness (QED) is 0.780. The monoisotopic (exact) mass is 318 g/mol. The number of nitrogens with zero attached hydrogens (tertiary/aromatic N) is 1. The van der Waals surface area contributed by atoms with Gasteiger partial charge in [-0.15, -0.1) is 0 Å². The topological polar surface area (TPSA) is 34.1 Å². The highest BCUT2D eigenvalue weighted by Gasteiger charge is 2.14. The first-order valence-corrected chi connectivity index (χ1v) is 8.63. The molecule has 3 heteroatoms. The van der Waals surface area contributed by atoms with E-state index in [1.807, 2.05) is 6.20 Å². The summed E-state index contributed by atoms with van der Waals surface area (Å²) in [4.78, 5) is 4.60. The van der Waals surface area contributed by atoms with Gasteiger partial charge in [0.05, 0.1) is 5.52 Å². The molecular formula is C21H22N2O. The number of hydrogen-bond acceptors (Lipinski definition) is 3. The van der Waals surface area contributed by atoms with Gasteiger partial charge in [-0.2, -0.15) is 0 Å². The van der Waals surface area contributed by atoms with E-state index in [4.69, 9.17) is 4.74 Å². The van der Waals surface area contributed by atoms with Crippen molar-refractivity contribution >= 4 is 10.9 Å². The summed E-state index contributed by atoms with van der Waals surface area (Å²) < 4.78 is 6.08. The maximum Gasteiger partial charge on any atom is 0.119 e. The zero-order valence-electron chi connectivity index (χ0n) is 14.0. The zero-order chi connectivity index (χ0) is 16.4. The smallest absolute Gasteiger partial charge is 0.119 e. The molecule has 4 rings (SSSR count). The number of pyridine rings is 1. The Kier molecular flexibility index (Phi) is 4.18. The van der Waals surface area contributed by atoms with Crippen LogP contribution in [0, 0.1) is 6.92 Å². The molecule has 122 valence electrons. The molecule has 2 aromatic carbocycles. The van der Waals surface area contributed by atoms with E-state index in [0.29, 0.717) is 6.10 Å². The Hall–Kier alpha value is -2.39. The second-order valence-electron chi connectivity index (χ2n) is 6.46. The standard InChI is InChI=1S/C21H22N2O/c1-15-3-2-4-21-20(15)13-17(14-23-21)16-5-7-18(8-6-16)24-19-9-11-22-12-10-19/h2-8,13-14,19,22H,9-12H2,1H3. The van der Waals surface area contributed by atoms with E-state index < -0.39 is 0 Å². The number of piperidine rings is 1. The number of benzene rings is 2. The van der Waals surface area contributed by atoms with Gasteiger partial charge in [-0.1, -0.05) is 24.3 Å². The van der Waals surface area contributed by atoms with Gasteiger partial charge >= 0.3 is 0 Å². The van der Waals surface area contributed by atoms with Crippen LogP contribution in [0.4, 0.5) is 0 Å². The molecule has 1 fully saturated rings. The average Bonchev–Trinajstić information content (AvgIpc) is 2.63. The van der Waals surface area contributed by atoms with Crippen molar-refractivity contribution in [2.45, 2.75) is 25.9 Å². The summed E-state index contributed by atoms with van der Waals surface area (Å²) in [5, 5.41) is 4.58. The predicted molar refractivity (Wildman–Crippen MR) is 98.4 cm³/mol. The fourth-order valence-electron chi connectivity index (χ4n) is 3.29. The third kappa shape index (κ3) is 3.13. The fourth-order valence-corrected chi connectivity index (χ4v) is 3.29. The summed E-state index contributed by atoms with van der Waals surface area (Å²) in [7, 11) is 0. The fraction of sp³-hybridized carbons (Fsp3) is 0.286. The summed E-state index contributed by atoms with van der Waals surface area (Å²) in [6.45, 7) is 4.22. The Morgan fingerprint density at radius 3 is 2.58 bits per heavy atom. The first-order valence-electron chi connectivity index (χ1n) is 8.63. The van der Waals surface area contributed by atoms with E-state index in [1.54, 1.807) is 0 Å². The molecule has 1 aliphatic heterocycles. The third-order valence-electron chi connectivity index (χ3n) is 4.72. The van der Waals surface area contributed by atoms with Gasteiger partial charge < -0.3 is 10.1 Å². The Bertz CT molecular complexity index is 836. The number of aromatic nitrogens is 1. The highest BCUT2D eigenvalue weighted by Crippen LogP contribution is 2.27. The molecule has 1 aliphatic rings. The number of aryl methyl sites for hydroxylation is 1. The van der Waals surface area contributed by atoms with Crippen LogP contribution in [0.15, 0.2) is 54.7 Å². The molecule has 0 bridgehead atoms. The lowest BCUT2D eigenvalue weighted by molar-refractivity contribution is 0.162. The number of ether oxygens (including phenoxy) is 1. The van der Waals surface area contributed by atoms with E-state index >= 15 is 0 Å². The van der Waals surface area contributed by atoms with E-state index in [0.717, 1.165) is 42.8 Å². The summed E-state index contributed by atoms with van der Waals surface area (Å²) in [6, 6.07) is 16.8. The van der Waals surface area contributed by atoms with E-state index in [9.17, 15) is 0 Å². The van der Waals surface area contributed by atoms with Crippen molar-refractivity contribution < 1.29 is 4.74 Å². The Morgan fingerprint density at radius 2 is 1.79 bits per heavy atom. The van der Waals surface area contributed by atoms with Crippen molar-refractivity contribution in [3.8, 4) is 16.9 Å². The molecule has 0 radical (unpaired) electrons. The second kappa shape index (κ2) is 6.62. The predicted octanol–water partition coefficient (Wildman–Crippen LogP) is 4.34. The van der Waals surface area contributed by atoms with Gasteiger partial charge in [0, 0.05) is 17.1 Å². The molecule has 0 aliphatic carbocycles. The minimum absolute atomic E-state index is 0.335. The van der Waals surface area contributed by atoms with Crippen molar-refractivity contribution in [2.24, 2.45) is 0 Å². The molecule has 0 spiro atoms. The van der Waals surface area contributed by atoms with E-state index in [2.05, 4.69) is 65.8 Å². The molecule has 0 atom stereocenters. The molecular weight excluding hydrogens is 296 g/mol. The van der Waals surface area contributed by atoms with Crippen molar-refractivity contribution in [3.05, 3.63) is 60.3 Å². The normalized spacial score (nSPS) is 15.5. The Balaban J connectivity index is 1.57. The van der Waals surface area contributed by atoms with Gasteiger partial charge in [0.1, 0.15) is 11.9 Å². The minimum atomic E-state index is 0.335. The first-order chi connectivity index (χ1) is 11.8. The van der Waals surface area contributed by atoms with E-state index in [-0.39, 0.29) is 0 Å². The van der Waals surface area contributed by atoms with Crippen molar-refractivity contribution in [1.82, 2.24) is 10.3 Å². The van der Waals surface area contributed by atoms with Crippen molar-refractivity contribution in [1.29, 1.82) is 0 Å². The number of rotatable bonds is 3. The highest BCUT2D eigenvalue weighted by atomic mass is 16.5. The SMILES string of the molecule is Cc1cccc2ncc(-c3ccc(OC4CCNCC4)cc3)cc12. The summed E-state index contributed by atoms with van der Waals surface area (Å²) in [5.74, 6) is 0.954. The third-order valence-corrected chi connectivity index (χ3v) is 4.72. The van der Waals surface area contributed by atoms with Crippen molar-refractivity contribution in [3.63, 3.8) is 0 Å². The molecule has 1 N–H and O–H groups in total. The van der Waals surface area contributed by atoms with Crippen LogP contribution < -0.4 is 10.1 Å². The largest absolute Gasteiger partial charge is 0.490 e. The van der Waals surface area contributed by atoms with Crippen LogP contribution in [0.1, 0.15) is 18.4 Å². The van der Waals surface area contributed by atoms with Gasteiger partial charge in [-0.25, -0.2) is 0 Å². The maximum atomic E-state index is 6.08. The lowest BCUT2D eigenvalue weighted by Crippen LogP contribution is -2.34. The summed E-state index contributed by atoms with van der Waals surface area (Å²) in [5.41, 5.74) is 4.62. The lowest BCUT2D eigenvalue weighted by Gasteiger charge is -2.23. The molecule has 2 heterocycles. The van der Waals surface area contributed by atoms with Crippen LogP contribution in [0.5, 0.6) is 5.75 Å². The van der Waals surface area contributed by atoms with Crippen LogP contribution in [0.3, 0.4) is 0 Å². The molecule has 3 aromatic rings. The average molecular weight is 318 g/mol. The van der Waals surface area contributed by atoms with E-state index in [1.165, 1.54) is 16.5 Å². The molecule has 0 amide bonds. The Labute approximate surface area is 142 Å². The summed E-state index contributed by atoms with van der Waals surface area (Å²) in [6.07, 6.45) is 4.44. The molecule has 1 saturated heterocycles. The molecule has 0 unspecified atom stereocenters. The first kappa shape index (κ1) is 15.2. The molecule has 1 aromatic heterocycles. The van der Waals surface area contributed by atoms with Crippen LogP contribution in [-0.4, -0.2) is 24.2 Å². The lowest BCUT2D eigenvalue weighted by atomic mass is 10.0. The molecule has 3 nitrogen and oxygen atoms in total. The van der Waals surface area contributed by atoms with Crippen molar-refractivity contribution in [2.75, 3.05) is 13.1 Å². The van der Waals surface area contributed by atoms with Gasteiger partial charge in [0.2, 0.25) is 0 Å². The van der Waals surface area contributed by atoms with Gasteiger partial charge in [0.25, 0.3) is 0 Å². The number of hydrogen-bond donors (Lipinski definition) is 1. The van der Waals surface area contributed by atoms with Crippen LogP contribution >= 0.6 is 0 Å². The van der Waals surface area contributed by atoms with Crippen LogP contribution in [-0.2, 0) is 0 Å². The Morgan fingerprint density at radius 1 is 1.00 bits per heavy atom. The maximum absolute atomic E-state index is 6.08. The number of fused-ring (bicyclic) bond motifs is 1. The van der Waals surface area contributed by atoms with Crippen LogP contribution in [0.25, 0.3) is 22.0 Å². The summed E-state index contributed by atoms with van der Waals surface area (Å²) >= 11 is 0. The minimum Gasteiger partial charge on any atom is -0.490 e. The molecule has 0 saturated carbocycles. The number of nitrogens with one attached hydrogen (secondary N) is 1.